The zero-order valence-corrected chi connectivity index (χ0v) is 23.0. The van der Waals surface area contributed by atoms with Crippen molar-refractivity contribution in [2.75, 3.05) is 46.9 Å². The van der Waals surface area contributed by atoms with Crippen LogP contribution in [0.2, 0.25) is 0 Å². The monoisotopic (exact) mass is 523 g/mol. The van der Waals surface area contributed by atoms with Crippen molar-refractivity contribution in [1.29, 1.82) is 0 Å². The van der Waals surface area contributed by atoms with E-state index in [1.165, 1.54) is 5.56 Å². The molecule has 3 aromatic carbocycles. The predicted molar refractivity (Wildman–Crippen MR) is 157 cm³/mol. The number of benzene rings is 3. The van der Waals surface area contributed by atoms with Crippen LogP contribution in [0.25, 0.3) is 17.0 Å². The molecule has 1 saturated heterocycles. The maximum absolute atomic E-state index is 13.7. The summed E-state index contributed by atoms with van der Waals surface area (Å²) in [6.45, 7) is 4.11. The number of amides is 1. The van der Waals surface area contributed by atoms with Gasteiger partial charge in [0, 0.05) is 75.3 Å². The summed E-state index contributed by atoms with van der Waals surface area (Å²) < 4.78 is 13.3. The van der Waals surface area contributed by atoms with E-state index in [0.29, 0.717) is 6.42 Å². The Morgan fingerprint density at radius 3 is 2.26 bits per heavy atom. The van der Waals surface area contributed by atoms with E-state index in [9.17, 15) is 4.79 Å². The van der Waals surface area contributed by atoms with E-state index >= 15 is 0 Å². The van der Waals surface area contributed by atoms with Crippen LogP contribution in [0.5, 0.6) is 11.5 Å². The molecule has 6 nitrogen and oxygen atoms in total. The van der Waals surface area contributed by atoms with Crippen LogP contribution in [0, 0.1) is 0 Å². The summed E-state index contributed by atoms with van der Waals surface area (Å²) in [5.74, 6) is 1.49. The van der Waals surface area contributed by atoms with Crippen molar-refractivity contribution >= 4 is 22.9 Å². The Kier molecular flexibility index (Phi) is 8.33. The minimum atomic E-state index is -0.126. The molecular weight excluding hydrogens is 486 g/mol. The molecule has 202 valence electrons. The maximum atomic E-state index is 13.7. The Hall–Kier alpha value is -4.03. The number of carbonyl (C=O) groups excluding carboxylic acids is 1. The highest BCUT2D eigenvalue weighted by atomic mass is 16.5. The summed E-state index contributed by atoms with van der Waals surface area (Å²) in [6.07, 6.45) is 6.91. The van der Waals surface area contributed by atoms with E-state index in [2.05, 4.69) is 83.4 Å². The number of carbonyl (C=O) groups is 1. The molecule has 1 atom stereocenters. The summed E-state index contributed by atoms with van der Waals surface area (Å²) >= 11 is 0. The first kappa shape index (κ1) is 26.6. The molecule has 39 heavy (non-hydrogen) atoms. The average molecular weight is 524 g/mol. The van der Waals surface area contributed by atoms with Crippen LogP contribution in [0.4, 0.5) is 0 Å². The molecule has 1 amide bonds. The number of nitrogens with zero attached hydrogens (tertiary/aromatic N) is 3. The second-order valence-corrected chi connectivity index (χ2v) is 10.1. The normalized spacial score (nSPS) is 15.1. The van der Waals surface area contributed by atoms with E-state index in [0.717, 1.165) is 66.3 Å². The molecule has 5 rings (SSSR count). The van der Waals surface area contributed by atoms with E-state index < -0.39 is 0 Å². The molecule has 0 spiro atoms. The smallest absolute Gasteiger partial charge is 0.223 e. The van der Waals surface area contributed by atoms with Gasteiger partial charge in [0.15, 0.2) is 0 Å². The van der Waals surface area contributed by atoms with Crippen molar-refractivity contribution in [3.63, 3.8) is 0 Å². The predicted octanol–water partition coefficient (Wildman–Crippen LogP) is 5.58. The fourth-order valence-electron chi connectivity index (χ4n) is 5.47. The third kappa shape index (κ3) is 6.18. The third-order valence-electron chi connectivity index (χ3n) is 7.66. The minimum absolute atomic E-state index is 0.126. The fraction of sp³-hybridized carbons (Fsp3) is 0.303. The number of ether oxygens (including phenoxy) is 2. The SMILES string of the molecule is COc1cc(OC)cc(C(CC(=O)N2CCN(C/C=C/c3ccccc3)CC2)c2cn(C)c3ccccc23)c1. The molecule has 1 fully saturated rings. The summed E-state index contributed by atoms with van der Waals surface area (Å²) in [7, 11) is 5.37. The van der Waals surface area contributed by atoms with Gasteiger partial charge in [-0.05, 0) is 34.9 Å². The maximum Gasteiger partial charge on any atom is 0.223 e. The van der Waals surface area contributed by atoms with Crippen LogP contribution in [-0.2, 0) is 11.8 Å². The summed E-state index contributed by atoms with van der Waals surface area (Å²) in [5.41, 5.74) is 4.51. The molecule has 1 unspecified atom stereocenters. The lowest BCUT2D eigenvalue weighted by Crippen LogP contribution is -2.48. The van der Waals surface area contributed by atoms with Crippen molar-refractivity contribution in [2.24, 2.45) is 7.05 Å². The Morgan fingerprint density at radius 1 is 0.897 bits per heavy atom. The molecule has 0 aliphatic carbocycles. The molecule has 6 heteroatoms. The number of hydrogen-bond donors (Lipinski definition) is 0. The third-order valence-corrected chi connectivity index (χ3v) is 7.66. The Labute approximate surface area is 231 Å². The lowest BCUT2D eigenvalue weighted by molar-refractivity contribution is -0.133. The summed E-state index contributed by atoms with van der Waals surface area (Å²) in [4.78, 5) is 18.2. The van der Waals surface area contributed by atoms with Gasteiger partial charge in [-0.1, -0.05) is 60.7 Å². The number of hydrogen-bond acceptors (Lipinski definition) is 4. The number of aromatic nitrogens is 1. The zero-order chi connectivity index (χ0) is 27.2. The highest BCUT2D eigenvalue weighted by Gasteiger charge is 2.27. The van der Waals surface area contributed by atoms with Crippen molar-refractivity contribution < 1.29 is 14.3 Å². The topological polar surface area (TPSA) is 46.9 Å². The standard InChI is InChI=1S/C33H37N3O3/c1-34-24-31(29-13-7-8-14-32(29)34)30(26-20-27(38-2)22-28(21-26)39-3)23-33(37)36-18-16-35(17-19-36)15-9-12-25-10-5-4-6-11-25/h4-14,20-22,24,30H,15-19,23H2,1-3H3/b12-9+. The van der Waals surface area contributed by atoms with Crippen LogP contribution in [-0.4, -0.2) is 67.2 Å². The first-order chi connectivity index (χ1) is 19.1. The van der Waals surface area contributed by atoms with Crippen molar-refractivity contribution in [3.8, 4) is 11.5 Å². The van der Waals surface area contributed by atoms with Gasteiger partial charge >= 0.3 is 0 Å². The van der Waals surface area contributed by atoms with Crippen LogP contribution in [0.1, 0.15) is 29.0 Å². The highest BCUT2D eigenvalue weighted by Crippen LogP contribution is 2.38. The number of aryl methyl sites for hydroxylation is 1. The van der Waals surface area contributed by atoms with Gasteiger partial charge in [-0.3, -0.25) is 9.69 Å². The van der Waals surface area contributed by atoms with E-state index in [4.69, 9.17) is 9.47 Å². The Balaban J connectivity index is 1.33. The molecule has 1 aliphatic heterocycles. The molecule has 0 N–H and O–H groups in total. The molecule has 0 bridgehead atoms. The van der Waals surface area contributed by atoms with Gasteiger partial charge in [0.25, 0.3) is 0 Å². The molecule has 1 aromatic heterocycles. The number of para-hydroxylation sites is 1. The van der Waals surface area contributed by atoms with Gasteiger partial charge in [0.2, 0.25) is 5.91 Å². The van der Waals surface area contributed by atoms with Crippen molar-refractivity contribution in [3.05, 3.63) is 102 Å². The largest absolute Gasteiger partial charge is 0.497 e. The quantitative estimate of drug-likeness (QED) is 0.288. The minimum Gasteiger partial charge on any atom is -0.497 e. The lowest BCUT2D eigenvalue weighted by atomic mass is 9.87. The number of rotatable bonds is 9. The van der Waals surface area contributed by atoms with E-state index in [1.54, 1.807) is 14.2 Å². The first-order valence-electron chi connectivity index (χ1n) is 13.5. The lowest BCUT2D eigenvalue weighted by Gasteiger charge is -2.35. The van der Waals surface area contributed by atoms with Crippen molar-refractivity contribution in [1.82, 2.24) is 14.4 Å². The van der Waals surface area contributed by atoms with E-state index in [-0.39, 0.29) is 11.8 Å². The number of piperazine rings is 1. The summed E-state index contributed by atoms with van der Waals surface area (Å²) in [5, 5.41) is 1.16. The molecule has 0 saturated carbocycles. The van der Waals surface area contributed by atoms with Gasteiger partial charge < -0.3 is 18.9 Å². The molecule has 2 heterocycles. The second-order valence-electron chi connectivity index (χ2n) is 10.1. The Morgan fingerprint density at radius 2 is 1.56 bits per heavy atom. The molecular formula is C33H37N3O3. The van der Waals surface area contributed by atoms with Gasteiger partial charge in [0.05, 0.1) is 14.2 Å². The first-order valence-corrected chi connectivity index (χ1v) is 13.5. The van der Waals surface area contributed by atoms with Gasteiger partial charge in [-0.25, -0.2) is 0 Å². The number of methoxy groups -OCH3 is 2. The molecule has 0 radical (unpaired) electrons. The summed E-state index contributed by atoms with van der Waals surface area (Å²) in [6, 6.07) is 24.6. The van der Waals surface area contributed by atoms with Crippen LogP contribution in [0.15, 0.2) is 85.1 Å². The van der Waals surface area contributed by atoms with Crippen LogP contribution in [0.3, 0.4) is 0 Å². The number of fused-ring (bicyclic) bond motifs is 1. The van der Waals surface area contributed by atoms with Gasteiger partial charge in [-0.15, -0.1) is 0 Å². The van der Waals surface area contributed by atoms with Gasteiger partial charge in [0.1, 0.15) is 11.5 Å². The Bertz CT molecular complexity index is 1410. The average Bonchev–Trinajstić information content (AvgIpc) is 3.32. The highest BCUT2D eigenvalue weighted by molar-refractivity contribution is 5.86. The van der Waals surface area contributed by atoms with Crippen LogP contribution < -0.4 is 9.47 Å². The van der Waals surface area contributed by atoms with Gasteiger partial charge in [-0.2, -0.15) is 0 Å². The zero-order valence-electron chi connectivity index (χ0n) is 23.0. The molecule has 1 aliphatic rings. The fourth-order valence-corrected chi connectivity index (χ4v) is 5.47. The van der Waals surface area contributed by atoms with Crippen LogP contribution >= 0.6 is 0 Å². The molecule has 4 aromatic rings. The van der Waals surface area contributed by atoms with E-state index in [1.807, 2.05) is 29.2 Å². The second kappa shape index (κ2) is 12.2. The van der Waals surface area contributed by atoms with Crippen molar-refractivity contribution in [2.45, 2.75) is 12.3 Å².